The highest BCUT2D eigenvalue weighted by atomic mass is 19.1. The van der Waals surface area contributed by atoms with E-state index in [9.17, 15) is 8.78 Å². The second-order valence-corrected chi connectivity index (χ2v) is 2.33. The van der Waals surface area contributed by atoms with E-state index in [4.69, 9.17) is 4.74 Å². The molecule has 1 nitrogen and oxygen atoms in total. The molecule has 0 fully saturated rings. The molecule has 0 radical (unpaired) electrons. The van der Waals surface area contributed by atoms with Crippen LogP contribution in [0.3, 0.4) is 0 Å². The summed E-state index contributed by atoms with van der Waals surface area (Å²) in [7, 11) is 0. The van der Waals surface area contributed by atoms with E-state index in [1.807, 2.05) is 0 Å². The van der Waals surface area contributed by atoms with Crippen molar-refractivity contribution in [2.24, 2.45) is 0 Å². The lowest BCUT2D eigenvalue weighted by atomic mass is 10.2. The van der Waals surface area contributed by atoms with Crippen LogP contribution in [0.4, 0.5) is 8.78 Å². The van der Waals surface area contributed by atoms with Crippen LogP contribution >= 0.6 is 0 Å². The Bertz CT molecular complexity index is 238. The zero-order valence-corrected chi connectivity index (χ0v) is 6.59. The van der Waals surface area contributed by atoms with Gasteiger partial charge in [-0.15, -0.1) is 0 Å². The molecule has 0 bridgehead atoms. The van der Waals surface area contributed by atoms with Gasteiger partial charge in [0.15, 0.2) is 0 Å². The molecule has 1 rings (SSSR count). The molecule has 0 heterocycles. The minimum absolute atomic E-state index is 0.0222. The van der Waals surface area contributed by atoms with E-state index in [2.05, 4.69) is 0 Å². The average Bonchev–Trinajstić information content (AvgIpc) is 2.09. The molecule has 1 aromatic rings. The first-order valence-electron chi connectivity index (χ1n) is 3.71. The Kier molecular flexibility index (Phi) is 3.67. The van der Waals surface area contributed by atoms with Crippen LogP contribution in [0.25, 0.3) is 0 Å². The normalized spacial score (nSPS) is 10.2. The highest BCUT2D eigenvalue weighted by Crippen LogP contribution is 2.07. The van der Waals surface area contributed by atoms with E-state index in [1.165, 1.54) is 6.07 Å². The topological polar surface area (TPSA) is 9.23 Å². The lowest BCUT2D eigenvalue weighted by Gasteiger charge is -2.02. The molecule has 0 spiro atoms. The van der Waals surface area contributed by atoms with Crippen molar-refractivity contribution in [3.05, 3.63) is 35.6 Å². The molecule has 0 saturated carbocycles. The van der Waals surface area contributed by atoms with Gasteiger partial charge >= 0.3 is 0 Å². The van der Waals surface area contributed by atoms with E-state index in [0.717, 1.165) is 0 Å². The van der Waals surface area contributed by atoms with Gasteiger partial charge in [-0.05, 0) is 6.07 Å². The Morgan fingerprint density at radius 3 is 2.67 bits per heavy atom. The van der Waals surface area contributed by atoms with Crippen LogP contribution < -0.4 is 0 Å². The third-order valence-electron chi connectivity index (χ3n) is 1.44. The smallest absolute Gasteiger partial charge is 0.128 e. The van der Waals surface area contributed by atoms with Gasteiger partial charge in [0, 0.05) is 5.56 Å². The maximum absolute atomic E-state index is 12.8. The van der Waals surface area contributed by atoms with Crippen molar-refractivity contribution in [3.8, 4) is 0 Å². The van der Waals surface area contributed by atoms with Gasteiger partial charge in [0.05, 0.1) is 13.2 Å². The fourth-order valence-corrected chi connectivity index (χ4v) is 0.852. The molecule has 0 unspecified atom stereocenters. The summed E-state index contributed by atoms with van der Waals surface area (Å²) in [5.41, 5.74) is 0.464. The minimum atomic E-state index is -0.533. The minimum Gasteiger partial charge on any atom is -0.374 e. The first-order chi connectivity index (χ1) is 5.84. The molecular weight excluding hydrogens is 162 g/mol. The van der Waals surface area contributed by atoms with Crippen LogP contribution in [-0.2, 0) is 11.3 Å². The molecule has 0 aliphatic carbocycles. The molecule has 0 aromatic heterocycles. The molecule has 3 heteroatoms. The van der Waals surface area contributed by atoms with E-state index in [1.54, 1.807) is 18.2 Å². The highest BCUT2D eigenvalue weighted by Gasteiger charge is 1.98. The van der Waals surface area contributed by atoms with Crippen LogP contribution in [0.15, 0.2) is 24.3 Å². The fraction of sp³-hybridized carbons (Fsp3) is 0.333. The number of hydrogen-bond acceptors (Lipinski definition) is 1. The van der Waals surface area contributed by atoms with Crippen molar-refractivity contribution in [1.82, 2.24) is 0 Å². The molecule has 0 aliphatic heterocycles. The second-order valence-electron chi connectivity index (χ2n) is 2.33. The predicted octanol–water partition coefficient (Wildman–Crippen LogP) is 2.31. The lowest BCUT2D eigenvalue weighted by molar-refractivity contribution is 0.104. The van der Waals surface area contributed by atoms with E-state index < -0.39 is 6.67 Å². The Balaban J connectivity index is 2.46. The van der Waals surface area contributed by atoms with Crippen molar-refractivity contribution in [3.63, 3.8) is 0 Å². The summed E-state index contributed by atoms with van der Waals surface area (Å²) in [6.45, 7) is -0.376. The quantitative estimate of drug-likeness (QED) is 0.633. The van der Waals surface area contributed by atoms with Crippen LogP contribution in [0.1, 0.15) is 5.56 Å². The Labute approximate surface area is 70.0 Å². The summed E-state index contributed by atoms with van der Waals surface area (Å²) >= 11 is 0. The Morgan fingerprint density at radius 1 is 1.25 bits per heavy atom. The standard InChI is InChI=1S/C9H10F2O/c10-5-6-12-7-8-3-1-2-4-9(8)11/h1-4H,5-7H2. The first-order valence-corrected chi connectivity index (χ1v) is 3.71. The molecule has 12 heavy (non-hydrogen) atoms. The maximum Gasteiger partial charge on any atom is 0.128 e. The molecule has 0 saturated heterocycles. The van der Waals surface area contributed by atoms with Crippen molar-refractivity contribution in [2.75, 3.05) is 13.3 Å². The third-order valence-corrected chi connectivity index (χ3v) is 1.44. The Hall–Kier alpha value is -0.960. The Morgan fingerprint density at radius 2 is 2.00 bits per heavy atom. The molecule has 1 aromatic carbocycles. The van der Waals surface area contributed by atoms with Gasteiger partial charge in [0.1, 0.15) is 12.5 Å². The van der Waals surface area contributed by atoms with Gasteiger partial charge < -0.3 is 4.74 Å². The molecular formula is C9H10F2O. The summed E-state index contributed by atoms with van der Waals surface area (Å²) in [5.74, 6) is -0.309. The van der Waals surface area contributed by atoms with Gasteiger partial charge in [-0.2, -0.15) is 0 Å². The summed E-state index contributed by atoms with van der Waals surface area (Å²) in [5, 5.41) is 0. The number of halogens is 2. The van der Waals surface area contributed by atoms with Crippen molar-refractivity contribution < 1.29 is 13.5 Å². The molecule has 0 aliphatic rings. The van der Waals surface area contributed by atoms with E-state index in [-0.39, 0.29) is 19.0 Å². The van der Waals surface area contributed by atoms with Crippen LogP contribution in [0, 0.1) is 5.82 Å². The zero-order valence-electron chi connectivity index (χ0n) is 6.59. The molecule has 0 amide bonds. The SMILES string of the molecule is FCCOCc1ccccc1F. The zero-order chi connectivity index (χ0) is 8.81. The monoisotopic (exact) mass is 172 g/mol. The predicted molar refractivity (Wildman–Crippen MR) is 42.0 cm³/mol. The van der Waals surface area contributed by atoms with E-state index >= 15 is 0 Å². The third kappa shape index (κ3) is 2.58. The number of ether oxygens (including phenoxy) is 1. The summed E-state index contributed by atoms with van der Waals surface area (Å²) in [6.07, 6.45) is 0. The molecule has 0 atom stereocenters. The lowest BCUT2D eigenvalue weighted by Crippen LogP contribution is -1.98. The summed E-state index contributed by atoms with van der Waals surface area (Å²) < 4.78 is 29.3. The maximum atomic E-state index is 12.8. The first kappa shape index (κ1) is 9.13. The van der Waals surface area contributed by atoms with Gasteiger partial charge in [0.25, 0.3) is 0 Å². The van der Waals surface area contributed by atoms with Gasteiger partial charge in [0.2, 0.25) is 0 Å². The molecule has 66 valence electrons. The van der Waals surface area contributed by atoms with Crippen LogP contribution in [0.2, 0.25) is 0 Å². The van der Waals surface area contributed by atoms with Crippen LogP contribution in [-0.4, -0.2) is 13.3 Å². The summed E-state index contributed by atoms with van der Waals surface area (Å²) in [4.78, 5) is 0. The van der Waals surface area contributed by atoms with E-state index in [0.29, 0.717) is 5.56 Å². The largest absolute Gasteiger partial charge is 0.374 e. The van der Waals surface area contributed by atoms with Gasteiger partial charge in [-0.3, -0.25) is 0 Å². The van der Waals surface area contributed by atoms with Crippen molar-refractivity contribution >= 4 is 0 Å². The number of rotatable bonds is 4. The van der Waals surface area contributed by atoms with Crippen LogP contribution in [0.5, 0.6) is 0 Å². The summed E-state index contributed by atoms with van der Waals surface area (Å²) in [6, 6.07) is 6.30. The fourth-order valence-electron chi connectivity index (χ4n) is 0.852. The average molecular weight is 172 g/mol. The highest BCUT2D eigenvalue weighted by molar-refractivity contribution is 5.16. The van der Waals surface area contributed by atoms with Gasteiger partial charge in [-0.1, -0.05) is 18.2 Å². The number of alkyl halides is 1. The van der Waals surface area contributed by atoms with Crippen molar-refractivity contribution in [2.45, 2.75) is 6.61 Å². The van der Waals surface area contributed by atoms with Crippen molar-refractivity contribution in [1.29, 1.82) is 0 Å². The molecule has 0 N–H and O–H groups in total. The number of benzene rings is 1. The second kappa shape index (κ2) is 4.83. The van der Waals surface area contributed by atoms with Gasteiger partial charge in [-0.25, -0.2) is 8.78 Å². The number of hydrogen-bond donors (Lipinski definition) is 0.